The zero-order valence-corrected chi connectivity index (χ0v) is 11.2. The Morgan fingerprint density at radius 1 is 1.33 bits per heavy atom. The molecule has 1 aromatic carbocycles. The van der Waals surface area contributed by atoms with E-state index in [1.54, 1.807) is 7.11 Å². The number of aliphatic hydroxyl groups excluding tert-OH is 1. The molecule has 1 saturated carbocycles. The molecule has 0 aromatic heterocycles. The number of benzene rings is 1. The summed E-state index contributed by atoms with van der Waals surface area (Å²) in [7, 11) is 1.62. The van der Waals surface area contributed by atoms with Crippen LogP contribution in [-0.4, -0.2) is 31.5 Å². The summed E-state index contributed by atoms with van der Waals surface area (Å²) in [6, 6.07) is 6.58. The number of ether oxygens (including phenoxy) is 2. The Kier molecular flexibility index (Phi) is 6.25. The Balaban J connectivity index is 0.00000162. The van der Waals surface area contributed by atoms with Crippen LogP contribution in [0.4, 0.5) is 0 Å². The Morgan fingerprint density at radius 3 is 2.72 bits per heavy atom. The molecule has 18 heavy (non-hydrogen) atoms. The van der Waals surface area contributed by atoms with Gasteiger partial charge < -0.3 is 32.3 Å². The van der Waals surface area contributed by atoms with Crippen LogP contribution in [0.25, 0.3) is 0 Å². The lowest BCUT2D eigenvalue weighted by Gasteiger charge is -2.11. The third kappa shape index (κ3) is 4.37. The fourth-order valence-electron chi connectivity index (χ4n) is 1.65. The minimum Gasteiger partial charge on any atom is -1.00 e. The van der Waals surface area contributed by atoms with Crippen LogP contribution < -0.4 is 27.2 Å². The first-order valence-corrected chi connectivity index (χ1v) is 5.97. The lowest BCUT2D eigenvalue weighted by molar-refractivity contribution is -0.00000500. The normalized spacial score (nSPS) is 13.9. The van der Waals surface area contributed by atoms with Crippen molar-refractivity contribution in [1.29, 1.82) is 0 Å². The highest BCUT2D eigenvalue weighted by molar-refractivity contribution is 5.43. The summed E-state index contributed by atoms with van der Waals surface area (Å²) in [5.41, 5.74) is 1.19. The van der Waals surface area contributed by atoms with Gasteiger partial charge in [0.05, 0.1) is 13.7 Å². The number of aliphatic hydroxyl groups is 1. The van der Waals surface area contributed by atoms with E-state index in [2.05, 4.69) is 5.32 Å². The molecule has 102 valence electrons. The van der Waals surface area contributed by atoms with E-state index < -0.39 is 0 Å². The van der Waals surface area contributed by atoms with Crippen molar-refractivity contribution in [3.63, 3.8) is 0 Å². The summed E-state index contributed by atoms with van der Waals surface area (Å²) >= 11 is 0. The topological polar surface area (TPSA) is 50.7 Å². The minimum absolute atomic E-state index is 0. The zero-order chi connectivity index (χ0) is 12.1. The van der Waals surface area contributed by atoms with Crippen molar-refractivity contribution in [2.45, 2.75) is 25.4 Å². The number of rotatable bonds is 7. The van der Waals surface area contributed by atoms with Gasteiger partial charge in [0.1, 0.15) is 6.61 Å². The van der Waals surface area contributed by atoms with Crippen LogP contribution in [0.2, 0.25) is 0 Å². The lowest BCUT2D eigenvalue weighted by Crippen LogP contribution is -3.00. The Morgan fingerprint density at radius 2 is 2.11 bits per heavy atom. The van der Waals surface area contributed by atoms with Crippen molar-refractivity contribution in [3.05, 3.63) is 23.8 Å². The highest BCUT2D eigenvalue weighted by Crippen LogP contribution is 2.28. The second-order valence-electron chi connectivity index (χ2n) is 4.21. The number of nitrogens with one attached hydrogen (secondary N) is 1. The predicted octanol–water partition coefficient (Wildman–Crippen LogP) is -1.68. The first-order chi connectivity index (χ1) is 8.33. The van der Waals surface area contributed by atoms with E-state index in [-0.39, 0.29) is 25.6 Å². The number of hydrogen-bond acceptors (Lipinski definition) is 4. The molecule has 0 bridgehead atoms. The molecule has 2 rings (SSSR count). The van der Waals surface area contributed by atoms with Crippen LogP contribution in [0.3, 0.4) is 0 Å². The average molecular weight is 273 g/mol. The molecule has 0 aliphatic heterocycles. The van der Waals surface area contributed by atoms with Crippen molar-refractivity contribution in [1.82, 2.24) is 5.32 Å². The van der Waals surface area contributed by atoms with Gasteiger partial charge in [-0.2, -0.15) is 0 Å². The second kappa shape index (κ2) is 7.46. The van der Waals surface area contributed by atoms with Gasteiger partial charge in [-0.1, -0.05) is 6.07 Å². The van der Waals surface area contributed by atoms with Crippen LogP contribution in [0, 0.1) is 0 Å². The Hall–Kier alpha value is -0.970. The minimum atomic E-state index is 0. The quantitative estimate of drug-likeness (QED) is 0.623. The maximum Gasteiger partial charge on any atom is 0.161 e. The highest BCUT2D eigenvalue weighted by atomic mass is 35.5. The molecule has 0 heterocycles. The van der Waals surface area contributed by atoms with E-state index in [0.717, 1.165) is 6.54 Å². The van der Waals surface area contributed by atoms with Crippen molar-refractivity contribution in [2.75, 3.05) is 20.3 Å². The van der Waals surface area contributed by atoms with Gasteiger partial charge in [0, 0.05) is 12.6 Å². The zero-order valence-electron chi connectivity index (χ0n) is 10.5. The highest BCUT2D eigenvalue weighted by Gasteiger charge is 2.20. The molecule has 0 amide bonds. The van der Waals surface area contributed by atoms with Gasteiger partial charge in [0.25, 0.3) is 0 Å². The van der Waals surface area contributed by atoms with E-state index in [9.17, 15) is 0 Å². The van der Waals surface area contributed by atoms with Crippen LogP contribution in [0.5, 0.6) is 11.5 Å². The molecule has 2 N–H and O–H groups in total. The Bertz CT molecular complexity index is 369. The molecule has 4 nitrogen and oxygen atoms in total. The summed E-state index contributed by atoms with van der Waals surface area (Å²) in [5.74, 6) is 1.39. The molecule has 1 fully saturated rings. The van der Waals surface area contributed by atoms with Crippen molar-refractivity contribution < 1.29 is 27.0 Å². The van der Waals surface area contributed by atoms with Crippen LogP contribution in [-0.2, 0) is 6.54 Å². The van der Waals surface area contributed by atoms with Gasteiger partial charge in [0.15, 0.2) is 11.5 Å². The number of hydrogen-bond donors (Lipinski definition) is 2. The molecule has 0 spiro atoms. The number of methoxy groups -OCH3 is 1. The second-order valence-corrected chi connectivity index (χ2v) is 4.21. The van der Waals surface area contributed by atoms with E-state index in [1.807, 2.05) is 18.2 Å². The van der Waals surface area contributed by atoms with Crippen molar-refractivity contribution >= 4 is 0 Å². The van der Waals surface area contributed by atoms with Crippen LogP contribution in [0.15, 0.2) is 18.2 Å². The first kappa shape index (κ1) is 15.1. The van der Waals surface area contributed by atoms with Gasteiger partial charge in [-0.05, 0) is 30.5 Å². The molecular formula is C13H19ClNO3-. The van der Waals surface area contributed by atoms with Crippen molar-refractivity contribution in [2.24, 2.45) is 0 Å². The van der Waals surface area contributed by atoms with Gasteiger partial charge >= 0.3 is 0 Å². The molecular weight excluding hydrogens is 254 g/mol. The van der Waals surface area contributed by atoms with Crippen LogP contribution in [0.1, 0.15) is 18.4 Å². The SMILES string of the molecule is COc1cc(CNC2CC2)ccc1OCCO.[Cl-]. The average Bonchev–Trinajstić information content (AvgIpc) is 3.18. The molecule has 0 atom stereocenters. The van der Waals surface area contributed by atoms with Gasteiger partial charge in [0.2, 0.25) is 0 Å². The summed E-state index contributed by atoms with van der Waals surface area (Å²) < 4.78 is 10.6. The van der Waals surface area contributed by atoms with Gasteiger partial charge in [-0.15, -0.1) is 0 Å². The Labute approximate surface area is 114 Å². The fraction of sp³-hybridized carbons (Fsp3) is 0.538. The molecule has 1 aliphatic carbocycles. The first-order valence-electron chi connectivity index (χ1n) is 5.97. The monoisotopic (exact) mass is 272 g/mol. The van der Waals surface area contributed by atoms with E-state index in [0.29, 0.717) is 17.5 Å². The van der Waals surface area contributed by atoms with Crippen LogP contribution >= 0.6 is 0 Å². The summed E-state index contributed by atoms with van der Waals surface area (Å²) in [6.45, 7) is 1.16. The molecule has 1 aliphatic rings. The fourth-order valence-corrected chi connectivity index (χ4v) is 1.65. The summed E-state index contributed by atoms with van der Waals surface area (Å²) in [5, 5.41) is 12.2. The predicted molar refractivity (Wildman–Crippen MR) is 65.4 cm³/mol. The lowest BCUT2D eigenvalue weighted by atomic mass is 10.2. The molecule has 0 saturated heterocycles. The van der Waals surface area contributed by atoms with E-state index in [4.69, 9.17) is 14.6 Å². The van der Waals surface area contributed by atoms with E-state index >= 15 is 0 Å². The summed E-state index contributed by atoms with van der Waals surface area (Å²) in [6.07, 6.45) is 2.57. The third-order valence-electron chi connectivity index (χ3n) is 2.75. The van der Waals surface area contributed by atoms with Crippen molar-refractivity contribution in [3.8, 4) is 11.5 Å². The summed E-state index contributed by atoms with van der Waals surface area (Å²) in [4.78, 5) is 0. The standard InChI is InChI=1S/C13H19NO3.ClH/c1-16-13-8-10(9-14-11-3-4-11)2-5-12(13)17-7-6-15;/h2,5,8,11,14-15H,3-4,6-7,9H2,1H3;1H/p-1. The van der Waals surface area contributed by atoms with Gasteiger partial charge in [-0.25, -0.2) is 0 Å². The van der Waals surface area contributed by atoms with E-state index in [1.165, 1.54) is 18.4 Å². The number of halogens is 1. The molecule has 5 heteroatoms. The largest absolute Gasteiger partial charge is 1.00 e. The molecule has 0 radical (unpaired) electrons. The third-order valence-corrected chi connectivity index (χ3v) is 2.75. The smallest absolute Gasteiger partial charge is 0.161 e. The maximum absolute atomic E-state index is 8.72. The maximum atomic E-state index is 8.72. The molecule has 1 aromatic rings. The van der Waals surface area contributed by atoms with Gasteiger partial charge in [-0.3, -0.25) is 0 Å². The molecule has 0 unspecified atom stereocenters.